The minimum Gasteiger partial charge on any atom is -0.355 e. The Labute approximate surface area is 127 Å². The van der Waals surface area contributed by atoms with Gasteiger partial charge < -0.3 is 20.4 Å². The van der Waals surface area contributed by atoms with Gasteiger partial charge in [0.1, 0.15) is 5.82 Å². The fraction of sp³-hybridized carbons (Fsp3) is 0.733. The molecule has 21 heavy (non-hydrogen) atoms. The van der Waals surface area contributed by atoms with Crippen molar-refractivity contribution >= 4 is 11.8 Å². The fourth-order valence-electron chi connectivity index (χ4n) is 2.63. The molecule has 1 aromatic rings. The molecule has 2 heterocycles. The van der Waals surface area contributed by atoms with E-state index in [0.717, 1.165) is 51.0 Å². The first-order chi connectivity index (χ1) is 10.1. The maximum Gasteiger partial charge on any atom is 0.226 e. The standard InChI is InChI=1S/C15H28N6/c1-13(11-16)12-20-7-4-8-21(10-9-20)14-5-6-17-15(18-14)19(2)3/h5-6,13H,4,7-12,16H2,1-3H3. The number of rotatable bonds is 5. The van der Waals surface area contributed by atoms with Crippen molar-refractivity contribution < 1.29 is 0 Å². The van der Waals surface area contributed by atoms with Gasteiger partial charge >= 0.3 is 0 Å². The van der Waals surface area contributed by atoms with Crippen molar-refractivity contribution in [2.24, 2.45) is 11.7 Å². The quantitative estimate of drug-likeness (QED) is 0.860. The van der Waals surface area contributed by atoms with Gasteiger partial charge in [-0.3, -0.25) is 0 Å². The first kappa shape index (κ1) is 16.0. The number of nitrogens with two attached hydrogens (primary N) is 1. The number of aromatic nitrogens is 2. The predicted octanol–water partition coefficient (Wildman–Crippen LogP) is 0.650. The maximum atomic E-state index is 5.73. The van der Waals surface area contributed by atoms with Gasteiger partial charge in [0.25, 0.3) is 0 Å². The molecule has 6 heteroatoms. The second kappa shape index (κ2) is 7.56. The molecule has 6 nitrogen and oxygen atoms in total. The summed E-state index contributed by atoms with van der Waals surface area (Å²) in [7, 11) is 3.94. The van der Waals surface area contributed by atoms with Crippen LogP contribution in [0.25, 0.3) is 0 Å². The van der Waals surface area contributed by atoms with Gasteiger partial charge in [0.2, 0.25) is 5.95 Å². The lowest BCUT2D eigenvalue weighted by atomic mass is 10.1. The van der Waals surface area contributed by atoms with Crippen LogP contribution in [0.3, 0.4) is 0 Å². The SMILES string of the molecule is CC(CN)CN1CCCN(c2ccnc(N(C)C)n2)CC1. The van der Waals surface area contributed by atoms with Gasteiger partial charge in [0.15, 0.2) is 0 Å². The van der Waals surface area contributed by atoms with E-state index in [9.17, 15) is 0 Å². The van der Waals surface area contributed by atoms with Crippen molar-refractivity contribution in [2.75, 3.05) is 63.2 Å². The van der Waals surface area contributed by atoms with Crippen LogP contribution in [-0.2, 0) is 0 Å². The first-order valence-corrected chi connectivity index (χ1v) is 7.78. The Morgan fingerprint density at radius 1 is 1.29 bits per heavy atom. The predicted molar refractivity (Wildman–Crippen MR) is 87.8 cm³/mol. The minimum absolute atomic E-state index is 0.566. The minimum atomic E-state index is 0.566. The summed E-state index contributed by atoms with van der Waals surface area (Å²) in [4.78, 5) is 15.8. The van der Waals surface area contributed by atoms with E-state index in [-0.39, 0.29) is 0 Å². The summed E-state index contributed by atoms with van der Waals surface area (Å²) in [6.45, 7) is 8.36. The molecule has 2 rings (SSSR count). The first-order valence-electron chi connectivity index (χ1n) is 7.78. The van der Waals surface area contributed by atoms with Crippen molar-refractivity contribution in [3.63, 3.8) is 0 Å². The third kappa shape index (κ3) is 4.54. The molecule has 1 atom stereocenters. The average Bonchev–Trinajstić information content (AvgIpc) is 2.73. The molecule has 0 spiro atoms. The van der Waals surface area contributed by atoms with Crippen LogP contribution in [0.2, 0.25) is 0 Å². The molecule has 1 aliphatic rings. The van der Waals surface area contributed by atoms with Gasteiger partial charge in [0.05, 0.1) is 0 Å². The number of hydrogen-bond donors (Lipinski definition) is 1. The summed E-state index contributed by atoms with van der Waals surface area (Å²) >= 11 is 0. The third-order valence-electron chi connectivity index (χ3n) is 3.91. The van der Waals surface area contributed by atoms with E-state index in [1.165, 1.54) is 6.42 Å². The third-order valence-corrected chi connectivity index (χ3v) is 3.91. The maximum absolute atomic E-state index is 5.73. The van der Waals surface area contributed by atoms with Crippen LogP contribution in [0.1, 0.15) is 13.3 Å². The van der Waals surface area contributed by atoms with Gasteiger partial charge in [-0.1, -0.05) is 6.92 Å². The molecular formula is C15H28N6. The molecule has 0 aliphatic carbocycles. The monoisotopic (exact) mass is 292 g/mol. The fourth-order valence-corrected chi connectivity index (χ4v) is 2.63. The lowest BCUT2D eigenvalue weighted by Crippen LogP contribution is -2.35. The van der Waals surface area contributed by atoms with Gasteiger partial charge in [-0.25, -0.2) is 4.98 Å². The van der Waals surface area contributed by atoms with Crippen LogP contribution in [0.15, 0.2) is 12.3 Å². The molecule has 118 valence electrons. The zero-order valence-electron chi connectivity index (χ0n) is 13.5. The molecule has 1 unspecified atom stereocenters. The highest BCUT2D eigenvalue weighted by Crippen LogP contribution is 2.16. The Kier molecular flexibility index (Phi) is 5.76. The van der Waals surface area contributed by atoms with Crippen molar-refractivity contribution in [1.82, 2.24) is 14.9 Å². The number of nitrogens with zero attached hydrogens (tertiary/aromatic N) is 5. The smallest absolute Gasteiger partial charge is 0.226 e. The Hall–Kier alpha value is -1.40. The van der Waals surface area contributed by atoms with Gasteiger partial charge in [-0.05, 0) is 31.5 Å². The number of anilines is 2. The Morgan fingerprint density at radius 2 is 2.10 bits per heavy atom. The van der Waals surface area contributed by atoms with E-state index < -0.39 is 0 Å². The molecule has 0 amide bonds. The largest absolute Gasteiger partial charge is 0.355 e. The van der Waals surface area contributed by atoms with Gasteiger partial charge in [-0.2, -0.15) is 4.98 Å². The highest BCUT2D eigenvalue weighted by atomic mass is 15.3. The van der Waals surface area contributed by atoms with E-state index in [0.29, 0.717) is 5.92 Å². The Bertz CT molecular complexity index is 436. The lowest BCUT2D eigenvalue weighted by molar-refractivity contribution is 0.255. The van der Waals surface area contributed by atoms with Crippen LogP contribution in [-0.4, -0.2) is 68.2 Å². The second-order valence-corrected chi connectivity index (χ2v) is 6.09. The van der Waals surface area contributed by atoms with E-state index in [1.807, 2.05) is 31.3 Å². The summed E-state index contributed by atoms with van der Waals surface area (Å²) in [5, 5.41) is 0. The second-order valence-electron chi connectivity index (χ2n) is 6.09. The van der Waals surface area contributed by atoms with Crippen LogP contribution >= 0.6 is 0 Å². The van der Waals surface area contributed by atoms with E-state index in [1.54, 1.807) is 0 Å². The molecule has 1 saturated heterocycles. The van der Waals surface area contributed by atoms with Crippen LogP contribution < -0.4 is 15.5 Å². The summed E-state index contributed by atoms with van der Waals surface area (Å²) in [5.41, 5.74) is 5.73. The average molecular weight is 292 g/mol. The van der Waals surface area contributed by atoms with Gasteiger partial charge in [-0.15, -0.1) is 0 Å². The molecule has 2 N–H and O–H groups in total. The molecule has 1 aromatic heterocycles. The molecule has 0 aromatic carbocycles. The zero-order chi connectivity index (χ0) is 15.2. The van der Waals surface area contributed by atoms with Gasteiger partial charge in [0, 0.05) is 46.5 Å². The molecule has 0 radical (unpaired) electrons. The lowest BCUT2D eigenvalue weighted by Gasteiger charge is -2.24. The van der Waals surface area contributed by atoms with E-state index in [4.69, 9.17) is 5.73 Å². The van der Waals surface area contributed by atoms with Crippen molar-refractivity contribution in [1.29, 1.82) is 0 Å². The molecule has 0 bridgehead atoms. The highest BCUT2D eigenvalue weighted by molar-refractivity contribution is 5.43. The zero-order valence-corrected chi connectivity index (χ0v) is 13.5. The van der Waals surface area contributed by atoms with Crippen molar-refractivity contribution in [2.45, 2.75) is 13.3 Å². The topological polar surface area (TPSA) is 61.5 Å². The Morgan fingerprint density at radius 3 is 2.81 bits per heavy atom. The highest BCUT2D eigenvalue weighted by Gasteiger charge is 2.17. The normalized spacial score (nSPS) is 18.4. The molecular weight excluding hydrogens is 264 g/mol. The van der Waals surface area contributed by atoms with Crippen LogP contribution in [0.5, 0.6) is 0 Å². The summed E-state index contributed by atoms with van der Waals surface area (Å²) in [6, 6.07) is 2.01. The van der Waals surface area contributed by atoms with Crippen LogP contribution in [0, 0.1) is 5.92 Å². The van der Waals surface area contributed by atoms with E-state index in [2.05, 4.69) is 26.7 Å². The van der Waals surface area contributed by atoms with E-state index >= 15 is 0 Å². The van der Waals surface area contributed by atoms with Crippen molar-refractivity contribution in [3.05, 3.63) is 12.3 Å². The summed E-state index contributed by atoms with van der Waals surface area (Å²) in [5.74, 6) is 2.36. The van der Waals surface area contributed by atoms with Crippen molar-refractivity contribution in [3.8, 4) is 0 Å². The van der Waals surface area contributed by atoms with Crippen LogP contribution in [0.4, 0.5) is 11.8 Å². The summed E-state index contributed by atoms with van der Waals surface area (Å²) < 4.78 is 0. The summed E-state index contributed by atoms with van der Waals surface area (Å²) in [6.07, 6.45) is 3.01. The molecule has 1 aliphatic heterocycles. The Balaban J connectivity index is 1.98. The molecule has 0 saturated carbocycles. The number of hydrogen-bond acceptors (Lipinski definition) is 6. The molecule has 1 fully saturated rings.